The minimum absolute atomic E-state index is 0.136. The maximum atomic E-state index is 13.5. The van der Waals surface area contributed by atoms with Gasteiger partial charge in [-0.15, -0.1) is 0 Å². The summed E-state index contributed by atoms with van der Waals surface area (Å²) < 4.78 is 13.5. The van der Waals surface area contributed by atoms with E-state index in [2.05, 4.69) is 23.3 Å². The third-order valence-corrected chi connectivity index (χ3v) is 4.89. The van der Waals surface area contributed by atoms with E-state index in [-0.39, 0.29) is 11.2 Å². The smallest absolute Gasteiger partial charge is 0.123 e. The van der Waals surface area contributed by atoms with Gasteiger partial charge in [0.2, 0.25) is 0 Å². The van der Waals surface area contributed by atoms with Crippen LogP contribution < -0.4 is 0 Å². The Labute approximate surface area is 124 Å². The highest BCUT2D eigenvalue weighted by Crippen LogP contribution is 2.47. The number of hydrogen-bond donors (Lipinski definition) is 0. The first-order chi connectivity index (χ1) is 10.3. The van der Waals surface area contributed by atoms with Crippen molar-refractivity contribution in [1.82, 2.24) is 0 Å². The van der Waals surface area contributed by atoms with Crippen LogP contribution in [0.2, 0.25) is 0 Å². The van der Waals surface area contributed by atoms with Crippen molar-refractivity contribution in [3.63, 3.8) is 0 Å². The average Bonchev–Trinajstić information content (AvgIpc) is 2.86. The van der Waals surface area contributed by atoms with Crippen molar-refractivity contribution in [3.05, 3.63) is 53.8 Å². The number of hydrogen-bond acceptors (Lipinski definition) is 1. The van der Waals surface area contributed by atoms with E-state index in [1.54, 1.807) is 12.1 Å². The molecule has 4 rings (SSSR count). The van der Waals surface area contributed by atoms with Gasteiger partial charge in [-0.05, 0) is 53.8 Å². The van der Waals surface area contributed by atoms with Gasteiger partial charge in [0, 0.05) is 11.6 Å². The number of nitrogens with zero attached hydrogens (tertiary/aromatic N) is 1. The van der Waals surface area contributed by atoms with E-state index in [1.165, 1.54) is 43.7 Å². The SMILES string of the molecule is Fc1cccc(-c2ccc3c(c2)C2(C=N3)CCCCC2)c1. The van der Waals surface area contributed by atoms with Crippen molar-refractivity contribution >= 4 is 11.9 Å². The standard InChI is InChI=1S/C19H18FN/c20-16-6-4-5-14(11-16)15-7-8-18-17(12-15)19(13-21-18)9-2-1-3-10-19/h4-8,11-13H,1-3,9-10H2. The number of halogens is 1. The lowest BCUT2D eigenvalue weighted by molar-refractivity contribution is 0.391. The Kier molecular flexibility index (Phi) is 2.91. The third-order valence-electron chi connectivity index (χ3n) is 4.89. The Balaban J connectivity index is 1.79. The van der Waals surface area contributed by atoms with Gasteiger partial charge in [0.1, 0.15) is 5.82 Å². The molecule has 2 aromatic rings. The Morgan fingerprint density at radius 2 is 1.71 bits per heavy atom. The molecule has 2 aliphatic rings. The second-order valence-corrected chi connectivity index (χ2v) is 6.22. The molecule has 0 atom stereocenters. The van der Waals surface area contributed by atoms with Crippen LogP contribution in [0.3, 0.4) is 0 Å². The van der Waals surface area contributed by atoms with Gasteiger partial charge in [-0.1, -0.05) is 37.5 Å². The Bertz CT molecular complexity index is 711. The second kappa shape index (κ2) is 4.80. The van der Waals surface area contributed by atoms with E-state index in [4.69, 9.17) is 0 Å². The summed E-state index contributed by atoms with van der Waals surface area (Å²) in [6.45, 7) is 0. The van der Waals surface area contributed by atoms with Crippen molar-refractivity contribution < 1.29 is 4.39 Å². The summed E-state index contributed by atoms with van der Waals surface area (Å²) in [6, 6.07) is 13.2. The van der Waals surface area contributed by atoms with Crippen LogP contribution in [0.4, 0.5) is 10.1 Å². The zero-order valence-electron chi connectivity index (χ0n) is 12.0. The first-order valence-electron chi connectivity index (χ1n) is 7.73. The largest absolute Gasteiger partial charge is 0.260 e. The third kappa shape index (κ3) is 2.10. The van der Waals surface area contributed by atoms with E-state index in [9.17, 15) is 4.39 Å². The molecule has 0 bridgehead atoms. The maximum absolute atomic E-state index is 13.5. The highest BCUT2D eigenvalue weighted by atomic mass is 19.1. The molecular formula is C19H18FN. The van der Waals surface area contributed by atoms with Crippen LogP contribution in [0, 0.1) is 5.82 Å². The van der Waals surface area contributed by atoms with Crippen LogP contribution in [0.5, 0.6) is 0 Å². The van der Waals surface area contributed by atoms with Gasteiger partial charge >= 0.3 is 0 Å². The van der Waals surface area contributed by atoms with Gasteiger partial charge in [0.25, 0.3) is 0 Å². The van der Waals surface area contributed by atoms with Crippen LogP contribution >= 0.6 is 0 Å². The molecule has 0 radical (unpaired) electrons. The van der Waals surface area contributed by atoms with Crippen LogP contribution in [0.1, 0.15) is 37.7 Å². The van der Waals surface area contributed by atoms with Crippen molar-refractivity contribution in [2.75, 3.05) is 0 Å². The zero-order chi connectivity index (χ0) is 14.3. The summed E-state index contributed by atoms with van der Waals surface area (Å²) in [5.74, 6) is -0.184. The first-order valence-corrected chi connectivity index (χ1v) is 7.73. The minimum Gasteiger partial charge on any atom is -0.260 e. The van der Waals surface area contributed by atoms with Crippen molar-refractivity contribution in [2.45, 2.75) is 37.5 Å². The lowest BCUT2D eigenvalue weighted by atomic mass is 9.70. The van der Waals surface area contributed by atoms with Gasteiger partial charge in [-0.3, -0.25) is 4.99 Å². The van der Waals surface area contributed by atoms with E-state index in [0.29, 0.717) is 0 Å². The van der Waals surface area contributed by atoms with Crippen LogP contribution in [-0.2, 0) is 5.41 Å². The van der Waals surface area contributed by atoms with Crippen molar-refractivity contribution in [3.8, 4) is 11.1 Å². The lowest BCUT2D eigenvalue weighted by Gasteiger charge is -2.32. The van der Waals surface area contributed by atoms with Gasteiger partial charge in [0.15, 0.2) is 0 Å². The molecule has 2 aromatic carbocycles. The first kappa shape index (κ1) is 12.8. The molecule has 2 heteroatoms. The molecule has 1 aliphatic carbocycles. The number of aliphatic imine (C=N–C) groups is 1. The molecule has 1 spiro atoms. The monoisotopic (exact) mass is 279 g/mol. The van der Waals surface area contributed by atoms with Crippen LogP contribution in [-0.4, -0.2) is 6.21 Å². The van der Waals surface area contributed by atoms with Gasteiger partial charge in [0.05, 0.1) is 5.69 Å². The van der Waals surface area contributed by atoms with Gasteiger partial charge in [-0.2, -0.15) is 0 Å². The quantitative estimate of drug-likeness (QED) is 0.661. The molecule has 0 amide bonds. The zero-order valence-corrected chi connectivity index (χ0v) is 12.0. The van der Waals surface area contributed by atoms with Crippen LogP contribution in [0.25, 0.3) is 11.1 Å². The normalized spacial score (nSPS) is 18.9. The van der Waals surface area contributed by atoms with Gasteiger partial charge in [-0.25, -0.2) is 4.39 Å². The Morgan fingerprint density at radius 1 is 0.905 bits per heavy atom. The molecular weight excluding hydrogens is 261 g/mol. The second-order valence-electron chi connectivity index (χ2n) is 6.22. The van der Waals surface area contributed by atoms with Crippen LogP contribution in [0.15, 0.2) is 47.5 Å². The highest BCUT2D eigenvalue weighted by Gasteiger charge is 2.37. The average molecular weight is 279 g/mol. The molecule has 1 aliphatic heterocycles. The Hall–Kier alpha value is -1.96. The fourth-order valence-electron chi connectivity index (χ4n) is 3.74. The molecule has 1 saturated carbocycles. The molecule has 0 N–H and O–H groups in total. The molecule has 106 valence electrons. The predicted molar refractivity (Wildman–Crippen MR) is 84.8 cm³/mol. The molecule has 0 saturated heterocycles. The predicted octanol–water partition coefficient (Wildman–Crippen LogP) is 5.41. The number of fused-ring (bicyclic) bond motifs is 2. The van der Waals surface area contributed by atoms with E-state index in [0.717, 1.165) is 16.8 Å². The summed E-state index contributed by atoms with van der Waals surface area (Å²) in [5, 5.41) is 0. The topological polar surface area (TPSA) is 12.4 Å². The summed E-state index contributed by atoms with van der Waals surface area (Å²) >= 11 is 0. The molecule has 1 fully saturated rings. The maximum Gasteiger partial charge on any atom is 0.123 e. The van der Waals surface area contributed by atoms with Gasteiger partial charge < -0.3 is 0 Å². The fourth-order valence-corrected chi connectivity index (χ4v) is 3.74. The van der Waals surface area contributed by atoms with Crippen molar-refractivity contribution in [1.29, 1.82) is 0 Å². The molecule has 0 aromatic heterocycles. The number of rotatable bonds is 1. The fraction of sp³-hybridized carbons (Fsp3) is 0.316. The summed E-state index contributed by atoms with van der Waals surface area (Å²) in [5.41, 5.74) is 4.59. The van der Waals surface area contributed by atoms with E-state index >= 15 is 0 Å². The lowest BCUT2D eigenvalue weighted by Crippen LogP contribution is -2.28. The highest BCUT2D eigenvalue weighted by molar-refractivity contribution is 5.87. The summed E-state index contributed by atoms with van der Waals surface area (Å²) in [6.07, 6.45) is 8.41. The summed E-state index contributed by atoms with van der Waals surface area (Å²) in [7, 11) is 0. The Morgan fingerprint density at radius 3 is 2.52 bits per heavy atom. The number of benzene rings is 2. The molecule has 0 unspecified atom stereocenters. The molecule has 1 heterocycles. The van der Waals surface area contributed by atoms with E-state index in [1.807, 2.05) is 12.1 Å². The van der Waals surface area contributed by atoms with Crippen molar-refractivity contribution in [2.24, 2.45) is 4.99 Å². The molecule has 1 nitrogen and oxygen atoms in total. The van der Waals surface area contributed by atoms with E-state index < -0.39 is 0 Å². The minimum atomic E-state index is -0.184. The molecule has 21 heavy (non-hydrogen) atoms. The summed E-state index contributed by atoms with van der Waals surface area (Å²) in [4.78, 5) is 4.63.